The monoisotopic (exact) mass is 285 g/mol. The fourth-order valence-corrected chi connectivity index (χ4v) is 2.83. The number of nitrogens with two attached hydrogens (primary N) is 1. The fourth-order valence-electron chi connectivity index (χ4n) is 2.83. The topological polar surface area (TPSA) is 39.2 Å². The number of hydrogen-bond donors (Lipinski definition) is 1. The first kappa shape index (κ1) is 12.7. The predicted octanol–water partition coefficient (Wildman–Crippen LogP) is 5.35. The molecule has 0 aliphatic heterocycles. The Morgan fingerprint density at radius 1 is 0.636 bits per heavy atom. The Morgan fingerprint density at radius 3 is 1.95 bits per heavy atom. The van der Waals surface area contributed by atoms with E-state index in [-0.39, 0.29) is 0 Å². The summed E-state index contributed by atoms with van der Waals surface area (Å²) in [6.45, 7) is 0. The molecule has 0 bridgehead atoms. The summed E-state index contributed by atoms with van der Waals surface area (Å²) in [6.07, 6.45) is 0. The summed E-state index contributed by atoms with van der Waals surface area (Å²) in [6, 6.07) is 26.3. The quantitative estimate of drug-likeness (QED) is 0.504. The SMILES string of the molecule is Nc1cccc2c(-c3ccccc3)c(-c3ccccc3)oc12. The minimum Gasteiger partial charge on any atom is -0.453 e. The molecule has 0 radical (unpaired) electrons. The van der Waals surface area contributed by atoms with Gasteiger partial charge < -0.3 is 10.2 Å². The molecule has 2 nitrogen and oxygen atoms in total. The molecule has 0 atom stereocenters. The van der Waals surface area contributed by atoms with E-state index in [0.717, 1.165) is 33.4 Å². The average Bonchev–Trinajstić information content (AvgIpc) is 2.97. The summed E-state index contributed by atoms with van der Waals surface area (Å²) < 4.78 is 6.15. The Morgan fingerprint density at radius 2 is 1.27 bits per heavy atom. The highest BCUT2D eigenvalue weighted by molar-refractivity contribution is 6.05. The summed E-state index contributed by atoms with van der Waals surface area (Å²) in [4.78, 5) is 0. The Hall–Kier alpha value is -3.00. The van der Waals surface area contributed by atoms with Crippen LogP contribution in [0.2, 0.25) is 0 Å². The van der Waals surface area contributed by atoms with E-state index >= 15 is 0 Å². The molecule has 3 aromatic carbocycles. The highest BCUT2D eigenvalue weighted by Crippen LogP contribution is 2.42. The zero-order chi connectivity index (χ0) is 14.9. The van der Waals surface area contributed by atoms with E-state index in [4.69, 9.17) is 10.2 Å². The Bertz CT molecular complexity index is 924. The van der Waals surface area contributed by atoms with E-state index in [0.29, 0.717) is 5.69 Å². The molecule has 0 unspecified atom stereocenters. The van der Waals surface area contributed by atoms with Crippen molar-refractivity contribution in [2.45, 2.75) is 0 Å². The molecule has 0 saturated carbocycles. The molecule has 106 valence electrons. The molecule has 4 aromatic rings. The molecule has 0 saturated heterocycles. The first-order chi connectivity index (χ1) is 10.8. The van der Waals surface area contributed by atoms with E-state index in [1.165, 1.54) is 0 Å². The number of nitrogen functional groups attached to an aromatic ring is 1. The van der Waals surface area contributed by atoms with E-state index in [2.05, 4.69) is 30.3 Å². The maximum atomic E-state index is 6.15. The Kier molecular flexibility index (Phi) is 2.94. The number of anilines is 1. The molecule has 0 amide bonds. The molecule has 1 heterocycles. The normalized spacial score (nSPS) is 10.9. The lowest BCUT2D eigenvalue weighted by Gasteiger charge is -2.03. The second kappa shape index (κ2) is 5.08. The van der Waals surface area contributed by atoms with E-state index in [1.807, 2.05) is 48.5 Å². The summed E-state index contributed by atoms with van der Waals surface area (Å²) in [7, 11) is 0. The Labute approximate surface area is 128 Å². The van der Waals surface area contributed by atoms with Crippen LogP contribution >= 0.6 is 0 Å². The molecule has 2 heteroatoms. The van der Waals surface area contributed by atoms with Gasteiger partial charge in [-0.25, -0.2) is 0 Å². The number of fused-ring (bicyclic) bond motifs is 1. The van der Waals surface area contributed by atoms with Crippen LogP contribution in [-0.4, -0.2) is 0 Å². The fraction of sp³-hybridized carbons (Fsp3) is 0. The number of hydrogen-bond acceptors (Lipinski definition) is 2. The standard InChI is InChI=1S/C20H15NO/c21-17-13-7-12-16-18(14-8-3-1-4-9-14)19(22-20(16)17)15-10-5-2-6-11-15/h1-13H,21H2. The van der Waals surface area contributed by atoms with Crippen LogP contribution in [0.15, 0.2) is 83.3 Å². The van der Waals surface area contributed by atoms with E-state index < -0.39 is 0 Å². The van der Waals surface area contributed by atoms with Crippen LogP contribution in [0, 0.1) is 0 Å². The van der Waals surface area contributed by atoms with Crippen LogP contribution in [0.4, 0.5) is 5.69 Å². The molecule has 0 fully saturated rings. The molecule has 0 aliphatic carbocycles. The minimum atomic E-state index is 0.664. The third-order valence-corrected chi connectivity index (χ3v) is 3.84. The van der Waals surface area contributed by atoms with Crippen molar-refractivity contribution in [1.29, 1.82) is 0 Å². The van der Waals surface area contributed by atoms with Gasteiger partial charge in [-0.3, -0.25) is 0 Å². The van der Waals surface area contributed by atoms with Crippen LogP contribution in [0.1, 0.15) is 0 Å². The second-order valence-corrected chi connectivity index (χ2v) is 5.26. The van der Waals surface area contributed by atoms with Crippen molar-refractivity contribution in [3.8, 4) is 22.5 Å². The molecule has 2 N–H and O–H groups in total. The van der Waals surface area contributed by atoms with Crippen molar-refractivity contribution < 1.29 is 4.42 Å². The van der Waals surface area contributed by atoms with Crippen LogP contribution in [-0.2, 0) is 0 Å². The van der Waals surface area contributed by atoms with Crippen LogP contribution in [0.5, 0.6) is 0 Å². The zero-order valence-corrected chi connectivity index (χ0v) is 12.0. The number of benzene rings is 3. The third-order valence-electron chi connectivity index (χ3n) is 3.84. The highest BCUT2D eigenvalue weighted by atomic mass is 16.3. The van der Waals surface area contributed by atoms with Crippen LogP contribution in [0.3, 0.4) is 0 Å². The van der Waals surface area contributed by atoms with Gasteiger partial charge in [-0.1, -0.05) is 72.8 Å². The largest absolute Gasteiger partial charge is 0.453 e. The molecular formula is C20H15NO. The molecule has 22 heavy (non-hydrogen) atoms. The van der Waals surface area contributed by atoms with Gasteiger partial charge in [0.15, 0.2) is 5.58 Å². The molecular weight excluding hydrogens is 270 g/mol. The van der Waals surface area contributed by atoms with Crippen LogP contribution < -0.4 is 5.73 Å². The van der Waals surface area contributed by atoms with Gasteiger partial charge in [-0.2, -0.15) is 0 Å². The first-order valence-corrected chi connectivity index (χ1v) is 7.26. The van der Waals surface area contributed by atoms with Gasteiger partial charge in [-0.15, -0.1) is 0 Å². The number of rotatable bonds is 2. The van der Waals surface area contributed by atoms with Gasteiger partial charge in [-0.05, 0) is 11.6 Å². The molecule has 0 aliphatic rings. The van der Waals surface area contributed by atoms with Crippen LogP contribution in [0.25, 0.3) is 33.4 Å². The van der Waals surface area contributed by atoms with Gasteiger partial charge in [0, 0.05) is 16.5 Å². The van der Waals surface area contributed by atoms with Crippen molar-refractivity contribution in [3.63, 3.8) is 0 Å². The molecule has 4 rings (SSSR count). The lowest BCUT2D eigenvalue weighted by molar-refractivity contribution is 0.634. The van der Waals surface area contributed by atoms with Gasteiger partial charge in [0.05, 0.1) is 5.69 Å². The maximum Gasteiger partial charge on any atom is 0.158 e. The number of furan rings is 1. The zero-order valence-electron chi connectivity index (χ0n) is 12.0. The highest BCUT2D eigenvalue weighted by Gasteiger charge is 2.18. The van der Waals surface area contributed by atoms with Crippen molar-refractivity contribution in [2.24, 2.45) is 0 Å². The van der Waals surface area contributed by atoms with Crippen molar-refractivity contribution in [3.05, 3.63) is 78.9 Å². The lowest BCUT2D eigenvalue weighted by atomic mass is 9.98. The smallest absolute Gasteiger partial charge is 0.158 e. The molecule has 0 spiro atoms. The van der Waals surface area contributed by atoms with Gasteiger partial charge in [0.25, 0.3) is 0 Å². The van der Waals surface area contributed by atoms with Gasteiger partial charge in [0.2, 0.25) is 0 Å². The van der Waals surface area contributed by atoms with Crippen molar-refractivity contribution in [2.75, 3.05) is 5.73 Å². The lowest BCUT2D eigenvalue weighted by Crippen LogP contribution is -1.83. The van der Waals surface area contributed by atoms with Crippen molar-refractivity contribution in [1.82, 2.24) is 0 Å². The minimum absolute atomic E-state index is 0.664. The summed E-state index contributed by atoms with van der Waals surface area (Å²) in [5.41, 5.74) is 10.8. The third kappa shape index (κ3) is 1.97. The van der Waals surface area contributed by atoms with Gasteiger partial charge in [0.1, 0.15) is 5.76 Å². The first-order valence-electron chi connectivity index (χ1n) is 7.26. The second-order valence-electron chi connectivity index (χ2n) is 5.26. The van der Waals surface area contributed by atoms with Crippen molar-refractivity contribution >= 4 is 16.7 Å². The number of para-hydroxylation sites is 1. The van der Waals surface area contributed by atoms with Gasteiger partial charge >= 0.3 is 0 Å². The Balaban J connectivity index is 2.10. The summed E-state index contributed by atoms with van der Waals surface area (Å²) >= 11 is 0. The van der Waals surface area contributed by atoms with E-state index in [1.54, 1.807) is 0 Å². The average molecular weight is 285 g/mol. The summed E-state index contributed by atoms with van der Waals surface area (Å²) in [5.74, 6) is 0.861. The molecule has 1 aromatic heterocycles. The summed E-state index contributed by atoms with van der Waals surface area (Å²) in [5, 5.41) is 1.05. The van der Waals surface area contributed by atoms with E-state index in [9.17, 15) is 0 Å². The maximum absolute atomic E-state index is 6.15. The predicted molar refractivity (Wildman–Crippen MR) is 91.5 cm³/mol.